The predicted molar refractivity (Wildman–Crippen MR) is 213 cm³/mol. The van der Waals surface area contributed by atoms with Gasteiger partial charge < -0.3 is 14.2 Å². The molecule has 0 fully saturated rings. The molecule has 8 aromatic carbocycles. The fraction of sp³-hybridized carbons (Fsp3) is 0.0213. The smallest absolute Gasteiger partial charge is 0.159 e. The first kappa shape index (κ1) is 28.8. The molecule has 5 heteroatoms. The average molecular weight is 668 g/mol. The second kappa shape index (κ2) is 11.3. The first-order valence-corrected chi connectivity index (χ1v) is 17.5. The van der Waals surface area contributed by atoms with Crippen LogP contribution in [0.3, 0.4) is 0 Å². The van der Waals surface area contributed by atoms with E-state index in [4.69, 9.17) is 18.8 Å². The van der Waals surface area contributed by atoms with Gasteiger partial charge >= 0.3 is 0 Å². The van der Waals surface area contributed by atoms with Crippen LogP contribution < -0.4 is 5.32 Å². The molecule has 0 aliphatic carbocycles. The van der Waals surface area contributed by atoms with Crippen LogP contribution in [0.2, 0.25) is 0 Å². The molecule has 0 saturated carbocycles. The second-order valence-electron chi connectivity index (χ2n) is 13.4. The fourth-order valence-corrected chi connectivity index (χ4v) is 7.81. The van der Waals surface area contributed by atoms with Gasteiger partial charge in [-0.1, -0.05) is 133 Å². The van der Waals surface area contributed by atoms with Crippen molar-refractivity contribution in [3.05, 3.63) is 180 Å². The van der Waals surface area contributed by atoms with Crippen molar-refractivity contribution >= 4 is 77.1 Å². The number of fused-ring (bicyclic) bond motifs is 9. The lowest BCUT2D eigenvalue weighted by atomic mass is 9.98. The van der Waals surface area contributed by atoms with E-state index in [-0.39, 0.29) is 0 Å². The third-order valence-corrected chi connectivity index (χ3v) is 10.3. The Bertz CT molecular complexity index is 3110. The topological polar surface area (TPSA) is 63.0 Å². The molecule has 0 spiro atoms. The van der Waals surface area contributed by atoms with E-state index in [2.05, 4.69) is 139 Å². The number of amidine groups is 2. The summed E-state index contributed by atoms with van der Waals surface area (Å²) in [6, 6.07) is 56.8. The van der Waals surface area contributed by atoms with E-state index < -0.39 is 6.17 Å². The van der Waals surface area contributed by atoms with E-state index in [1.54, 1.807) is 0 Å². The highest BCUT2D eigenvalue weighted by Crippen LogP contribution is 2.42. The lowest BCUT2D eigenvalue weighted by Crippen LogP contribution is -2.33. The lowest BCUT2D eigenvalue weighted by Gasteiger charge is -2.24. The molecule has 0 radical (unpaired) electrons. The zero-order valence-electron chi connectivity index (χ0n) is 27.9. The molecule has 1 atom stereocenters. The standard InChI is InChI=1S/C47H29N3O2/c1-2-12-30(13-3-1)45-48-46(33-21-20-28-10-4-5-14-31(28)26-33)50-47(49-45)38-18-9-19-41-42(38)39-27-32(23-25-40(39)51-41)35-16-8-17-36-37-24-22-29-11-6-7-15-34(29)43(37)52-44(35)36/h1-27,47H,(H,48,49,50). The molecule has 0 saturated heterocycles. The van der Waals surface area contributed by atoms with E-state index in [0.29, 0.717) is 5.84 Å². The molecule has 3 heterocycles. The minimum absolute atomic E-state index is 0.408. The summed E-state index contributed by atoms with van der Waals surface area (Å²) in [6.07, 6.45) is -0.408. The van der Waals surface area contributed by atoms with Crippen LogP contribution in [0.1, 0.15) is 22.9 Å². The SMILES string of the molecule is c1ccc(C2=NC(c3cccc4oc5ccc(-c6cccc7c6oc6c8ccccc8ccc76)cc5c34)NC(c3ccc4ccccc4c3)=N2)cc1. The fourth-order valence-electron chi connectivity index (χ4n) is 7.81. The Kier molecular flexibility index (Phi) is 6.25. The van der Waals surface area contributed by atoms with Crippen LogP contribution in [0.4, 0.5) is 0 Å². The van der Waals surface area contributed by atoms with E-state index in [1.807, 2.05) is 30.3 Å². The summed E-state index contributed by atoms with van der Waals surface area (Å²) in [7, 11) is 0. The number of hydrogen-bond donors (Lipinski definition) is 1. The van der Waals surface area contributed by atoms with Gasteiger partial charge in [-0.05, 0) is 52.1 Å². The summed E-state index contributed by atoms with van der Waals surface area (Å²) < 4.78 is 13.2. The van der Waals surface area contributed by atoms with Gasteiger partial charge in [-0.2, -0.15) is 0 Å². The van der Waals surface area contributed by atoms with Gasteiger partial charge in [0.1, 0.15) is 34.3 Å². The van der Waals surface area contributed by atoms with E-state index >= 15 is 0 Å². The molecule has 0 amide bonds. The van der Waals surface area contributed by atoms with Gasteiger partial charge in [0.2, 0.25) is 0 Å². The summed E-state index contributed by atoms with van der Waals surface area (Å²) in [5.74, 6) is 1.46. The third-order valence-electron chi connectivity index (χ3n) is 10.3. The van der Waals surface area contributed by atoms with Crippen LogP contribution in [0.25, 0.3) is 76.5 Å². The highest BCUT2D eigenvalue weighted by Gasteiger charge is 2.25. The molecule has 2 aromatic heterocycles. The lowest BCUT2D eigenvalue weighted by molar-refractivity contribution is 0.662. The number of para-hydroxylation sites is 1. The second-order valence-corrected chi connectivity index (χ2v) is 13.4. The van der Waals surface area contributed by atoms with Crippen molar-refractivity contribution in [1.82, 2.24) is 5.32 Å². The molecule has 52 heavy (non-hydrogen) atoms. The van der Waals surface area contributed by atoms with Crippen LogP contribution in [0.5, 0.6) is 0 Å². The van der Waals surface area contributed by atoms with E-state index in [0.717, 1.165) is 93.7 Å². The van der Waals surface area contributed by atoms with Gasteiger partial charge in [-0.25, -0.2) is 9.98 Å². The summed E-state index contributed by atoms with van der Waals surface area (Å²) in [4.78, 5) is 10.3. The van der Waals surface area contributed by atoms with Crippen molar-refractivity contribution in [2.24, 2.45) is 9.98 Å². The molecular formula is C47H29N3O2. The largest absolute Gasteiger partial charge is 0.456 e. The molecule has 244 valence electrons. The molecule has 1 aliphatic rings. The molecule has 1 aliphatic heterocycles. The Hall–Kier alpha value is -6.98. The first-order chi connectivity index (χ1) is 25.7. The number of benzene rings is 8. The molecule has 1 N–H and O–H groups in total. The first-order valence-electron chi connectivity index (χ1n) is 17.5. The maximum absolute atomic E-state index is 6.72. The Morgan fingerprint density at radius 3 is 2.13 bits per heavy atom. The molecule has 1 unspecified atom stereocenters. The minimum atomic E-state index is -0.408. The third kappa shape index (κ3) is 4.49. The Morgan fingerprint density at radius 1 is 0.462 bits per heavy atom. The van der Waals surface area contributed by atoms with Crippen LogP contribution in [0, 0.1) is 0 Å². The molecule has 5 nitrogen and oxygen atoms in total. The Morgan fingerprint density at radius 2 is 1.21 bits per heavy atom. The maximum atomic E-state index is 6.72. The van der Waals surface area contributed by atoms with Crippen molar-refractivity contribution in [2.75, 3.05) is 0 Å². The monoisotopic (exact) mass is 667 g/mol. The normalized spacial score (nSPS) is 14.7. The maximum Gasteiger partial charge on any atom is 0.159 e. The minimum Gasteiger partial charge on any atom is -0.456 e. The van der Waals surface area contributed by atoms with Gasteiger partial charge in [-0.15, -0.1) is 0 Å². The molecular weight excluding hydrogens is 639 g/mol. The van der Waals surface area contributed by atoms with Crippen LogP contribution in [-0.4, -0.2) is 11.7 Å². The summed E-state index contributed by atoms with van der Waals surface area (Å²) >= 11 is 0. The van der Waals surface area contributed by atoms with Crippen molar-refractivity contribution in [1.29, 1.82) is 0 Å². The van der Waals surface area contributed by atoms with Crippen LogP contribution in [0.15, 0.2) is 183 Å². The zero-order valence-corrected chi connectivity index (χ0v) is 27.9. The molecule has 0 bridgehead atoms. The summed E-state index contributed by atoms with van der Waals surface area (Å²) in [5, 5.41) is 12.6. The molecule has 10 aromatic rings. The number of nitrogens with one attached hydrogen (secondary N) is 1. The number of hydrogen-bond acceptors (Lipinski definition) is 5. The van der Waals surface area contributed by atoms with Crippen molar-refractivity contribution in [2.45, 2.75) is 6.17 Å². The van der Waals surface area contributed by atoms with Gasteiger partial charge in [0.15, 0.2) is 5.84 Å². The average Bonchev–Trinajstić information content (AvgIpc) is 3.79. The van der Waals surface area contributed by atoms with Gasteiger partial charge in [0.05, 0.1) is 0 Å². The highest BCUT2D eigenvalue weighted by molar-refractivity contribution is 6.18. The number of aliphatic imine (C=N–C) groups is 2. The van der Waals surface area contributed by atoms with Crippen molar-refractivity contribution in [3.63, 3.8) is 0 Å². The Balaban J connectivity index is 1.08. The Labute approximate surface area is 298 Å². The summed E-state index contributed by atoms with van der Waals surface area (Å²) in [5.41, 5.74) is 8.51. The number of rotatable bonds is 4. The number of nitrogens with zero attached hydrogens (tertiary/aromatic N) is 2. The predicted octanol–water partition coefficient (Wildman–Crippen LogP) is 12.0. The quantitative estimate of drug-likeness (QED) is 0.203. The van der Waals surface area contributed by atoms with Crippen molar-refractivity contribution in [3.8, 4) is 11.1 Å². The van der Waals surface area contributed by atoms with Crippen LogP contribution >= 0.6 is 0 Å². The van der Waals surface area contributed by atoms with Gasteiger partial charge in [0, 0.05) is 49.2 Å². The number of furan rings is 2. The molecule has 11 rings (SSSR count). The van der Waals surface area contributed by atoms with Gasteiger partial charge in [0.25, 0.3) is 0 Å². The van der Waals surface area contributed by atoms with Gasteiger partial charge in [-0.3, -0.25) is 0 Å². The zero-order chi connectivity index (χ0) is 34.2. The summed E-state index contributed by atoms with van der Waals surface area (Å²) in [6.45, 7) is 0. The van der Waals surface area contributed by atoms with E-state index in [1.165, 1.54) is 5.39 Å². The highest BCUT2D eigenvalue weighted by atomic mass is 16.3. The van der Waals surface area contributed by atoms with E-state index in [9.17, 15) is 0 Å². The van der Waals surface area contributed by atoms with Crippen molar-refractivity contribution < 1.29 is 8.83 Å². The van der Waals surface area contributed by atoms with Crippen LogP contribution in [-0.2, 0) is 0 Å².